The van der Waals surface area contributed by atoms with Gasteiger partial charge in [0, 0.05) is 12.1 Å². The molecule has 1 saturated heterocycles. The van der Waals surface area contributed by atoms with Gasteiger partial charge in [-0.3, -0.25) is 14.5 Å². The van der Waals surface area contributed by atoms with Crippen LogP contribution >= 0.6 is 23.8 Å². The van der Waals surface area contributed by atoms with Gasteiger partial charge in [-0.2, -0.15) is 0 Å². The third-order valence-electron chi connectivity index (χ3n) is 4.65. The van der Waals surface area contributed by atoms with Crippen molar-refractivity contribution >= 4 is 46.9 Å². The number of thiocarbonyl (C=S) groups is 1. The van der Waals surface area contributed by atoms with Gasteiger partial charge in [-0.15, -0.1) is 0 Å². The topological polar surface area (TPSA) is 68.3 Å². The Kier molecular flexibility index (Phi) is 7.14. The summed E-state index contributed by atoms with van der Waals surface area (Å²) in [7, 11) is 4.38. The molecule has 0 atom stereocenters. The minimum absolute atomic E-state index is 0.156. The van der Waals surface area contributed by atoms with Gasteiger partial charge in [0.25, 0.3) is 5.91 Å². The Morgan fingerprint density at radius 1 is 1.13 bits per heavy atom. The molecule has 2 aromatic carbocycles. The molecule has 0 spiro atoms. The second kappa shape index (κ2) is 9.80. The Morgan fingerprint density at radius 2 is 1.84 bits per heavy atom. The van der Waals surface area contributed by atoms with E-state index < -0.39 is 5.97 Å². The number of rotatable bonds is 7. The van der Waals surface area contributed by atoms with Crippen LogP contribution in [-0.4, -0.2) is 54.6 Å². The molecule has 1 aliphatic rings. The molecular formula is C22H21ClN2O5S. The monoisotopic (exact) mass is 460 g/mol. The fraction of sp³-hybridized carbons (Fsp3) is 0.227. The molecule has 0 saturated carbocycles. The van der Waals surface area contributed by atoms with Crippen molar-refractivity contribution in [3.63, 3.8) is 0 Å². The number of halogens is 1. The van der Waals surface area contributed by atoms with Gasteiger partial charge < -0.3 is 19.1 Å². The molecule has 31 heavy (non-hydrogen) atoms. The molecule has 0 aromatic heterocycles. The molecule has 1 aliphatic heterocycles. The summed E-state index contributed by atoms with van der Waals surface area (Å²) in [5.41, 5.74) is 1.92. The Hall–Kier alpha value is -3.10. The fourth-order valence-corrected chi connectivity index (χ4v) is 3.31. The number of nitrogens with zero attached hydrogens (tertiary/aromatic N) is 2. The number of esters is 1. The lowest BCUT2D eigenvalue weighted by Gasteiger charge is -2.17. The van der Waals surface area contributed by atoms with Crippen molar-refractivity contribution < 1.29 is 23.8 Å². The number of hydrogen-bond donors (Lipinski definition) is 0. The highest BCUT2D eigenvalue weighted by molar-refractivity contribution is 7.80. The average Bonchev–Trinajstić information content (AvgIpc) is 2.97. The largest absolute Gasteiger partial charge is 0.493 e. The average molecular weight is 461 g/mol. The zero-order valence-electron chi connectivity index (χ0n) is 17.3. The van der Waals surface area contributed by atoms with Gasteiger partial charge in [-0.05, 0) is 53.7 Å². The van der Waals surface area contributed by atoms with Crippen molar-refractivity contribution in [2.75, 3.05) is 27.8 Å². The van der Waals surface area contributed by atoms with Crippen LogP contribution in [0.3, 0.4) is 0 Å². The van der Waals surface area contributed by atoms with Gasteiger partial charge >= 0.3 is 5.97 Å². The van der Waals surface area contributed by atoms with Crippen LogP contribution in [0.5, 0.6) is 11.5 Å². The number of benzene rings is 2. The molecule has 0 aliphatic carbocycles. The lowest BCUT2D eigenvalue weighted by molar-refractivity contribution is -0.140. The number of likely N-dealkylation sites (N-methyl/N-ethyl adjacent to an activating group) is 1. The summed E-state index contributed by atoms with van der Waals surface area (Å²) < 4.78 is 16.0. The van der Waals surface area contributed by atoms with E-state index in [2.05, 4.69) is 0 Å². The summed E-state index contributed by atoms with van der Waals surface area (Å²) in [5, 5.41) is 0.892. The van der Waals surface area contributed by atoms with E-state index in [1.54, 1.807) is 43.5 Å². The van der Waals surface area contributed by atoms with E-state index in [0.717, 1.165) is 5.56 Å². The van der Waals surface area contributed by atoms with Crippen molar-refractivity contribution in [2.45, 2.75) is 6.61 Å². The van der Waals surface area contributed by atoms with Crippen LogP contribution in [0.25, 0.3) is 6.08 Å². The third-order valence-corrected chi connectivity index (χ3v) is 5.39. The molecule has 7 nitrogen and oxygen atoms in total. The van der Waals surface area contributed by atoms with E-state index in [-0.39, 0.29) is 23.3 Å². The smallest absolute Gasteiger partial charge is 0.325 e. The van der Waals surface area contributed by atoms with Crippen LogP contribution in [0.1, 0.15) is 11.1 Å². The first-order chi connectivity index (χ1) is 14.8. The fourth-order valence-electron chi connectivity index (χ4n) is 2.94. The standard InChI is InChI=1S/C22H21ClN2O5S/c1-24-21(27)17(25(22(24)31)12-20(26)29-3)10-15-6-9-18(19(11-15)28-2)30-13-14-4-7-16(23)8-5-14/h4-11H,12-13H2,1-3H3/b17-10-. The van der Waals surface area contributed by atoms with Gasteiger partial charge in [-0.1, -0.05) is 29.8 Å². The number of methoxy groups -OCH3 is 2. The molecule has 0 radical (unpaired) electrons. The second-order valence-corrected chi connectivity index (χ2v) is 7.47. The number of carbonyl (C=O) groups is 2. The van der Waals surface area contributed by atoms with Gasteiger partial charge in [0.15, 0.2) is 16.6 Å². The lowest BCUT2D eigenvalue weighted by Crippen LogP contribution is -2.33. The summed E-state index contributed by atoms with van der Waals surface area (Å²) in [5.74, 6) is 0.247. The summed E-state index contributed by atoms with van der Waals surface area (Å²) in [6.45, 7) is 0.190. The number of amides is 1. The van der Waals surface area contributed by atoms with E-state index in [1.165, 1.54) is 24.0 Å². The van der Waals surface area contributed by atoms with Crippen molar-refractivity contribution in [2.24, 2.45) is 0 Å². The molecule has 1 amide bonds. The molecule has 9 heteroatoms. The molecule has 1 fully saturated rings. The van der Waals surface area contributed by atoms with Crippen LogP contribution in [0.2, 0.25) is 5.02 Å². The van der Waals surface area contributed by atoms with E-state index in [9.17, 15) is 9.59 Å². The highest BCUT2D eigenvalue weighted by Gasteiger charge is 2.36. The minimum Gasteiger partial charge on any atom is -0.493 e. The second-order valence-electron chi connectivity index (χ2n) is 6.66. The Morgan fingerprint density at radius 3 is 2.48 bits per heavy atom. The molecule has 0 unspecified atom stereocenters. The molecule has 162 valence electrons. The van der Waals surface area contributed by atoms with Crippen LogP contribution in [0.4, 0.5) is 0 Å². The Balaban J connectivity index is 1.84. The normalized spacial score (nSPS) is 14.9. The summed E-state index contributed by atoms with van der Waals surface area (Å²) in [6, 6.07) is 12.7. The molecule has 0 N–H and O–H groups in total. The maximum absolute atomic E-state index is 12.6. The van der Waals surface area contributed by atoms with Crippen molar-refractivity contribution in [1.29, 1.82) is 0 Å². The Bertz CT molecular complexity index is 1040. The quantitative estimate of drug-likeness (QED) is 0.356. The van der Waals surface area contributed by atoms with Crippen molar-refractivity contribution in [3.8, 4) is 11.5 Å². The summed E-state index contributed by atoms with van der Waals surface area (Å²) in [4.78, 5) is 27.1. The zero-order valence-corrected chi connectivity index (χ0v) is 18.8. The summed E-state index contributed by atoms with van der Waals surface area (Å²) >= 11 is 11.2. The van der Waals surface area contributed by atoms with E-state index >= 15 is 0 Å². The predicted molar refractivity (Wildman–Crippen MR) is 121 cm³/mol. The molecule has 2 aromatic rings. The van der Waals surface area contributed by atoms with Gasteiger partial charge in [0.2, 0.25) is 0 Å². The summed E-state index contributed by atoms with van der Waals surface area (Å²) in [6.07, 6.45) is 1.65. The highest BCUT2D eigenvalue weighted by atomic mass is 35.5. The number of carbonyl (C=O) groups excluding carboxylic acids is 2. The molecule has 3 rings (SSSR count). The third kappa shape index (κ3) is 5.15. The zero-order chi connectivity index (χ0) is 22.5. The van der Waals surface area contributed by atoms with Gasteiger partial charge in [0.05, 0.1) is 14.2 Å². The highest BCUT2D eigenvalue weighted by Crippen LogP contribution is 2.31. The van der Waals surface area contributed by atoms with Gasteiger partial charge in [-0.25, -0.2) is 0 Å². The number of hydrogen-bond acceptors (Lipinski definition) is 6. The van der Waals surface area contributed by atoms with Crippen LogP contribution < -0.4 is 9.47 Å². The predicted octanol–water partition coefficient (Wildman–Crippen LogP) is 3.50. The first-order valence-corrected chi connectivity index (χ1v) is 10.1. The van der Waals surface area contributed by atoms with Crippen LogP contribution in [0.15, 0.2) is 48.2 Å². The molecule has 0 bridgehead atoms. The van der Waals surface area contributed by atoms with E-state index in [4.69, 9.17) is 38.0 Å². The first-order valence-electron chi connectivity index (χ1n) is 9.27. The Labute approximate surface area is 190 Å². The van der Waals surface area contributed by atoms with E-state index in [1.807, 2.05) is 12.1 Å². The molecular weight excluding hydrogens is 440 g/mol. The SMILES string of the molecule is COC(=O)CN1C(=S)N(C)C(=O)/C1=C/c1ccc(OCc2ccc(Cl)cc2)c(OC)c1. The van der Waals surface area contributed by atoms with Gasteiger partial charge in [0.1, 0.15) is 18.8 Å². The maximum atomic E-state index is 12.6. The van der Waals surface area contributed by atoms with Crippen molar-refractivity contribution in [1.82, 2.24) is 9.80 Å². The van der Waals surface area contributed by atoms with Crippen molar-refractivity contribution in [3.05, 3.63) is 64.3 Å². The number of ether oxygens (including phenoxy) is 3. The van der Waals surface area contributed by atoms with E-state index in [0.29, 0.717) is 28.7 Å². The maximum Gasteiger partial charge on any atom is 0.325 e. The lowest BCUT2D eigenvalue weighted by atomic mass is 10.1. The van der Waals surface area contributed by atoms with Crippen LogP contribution in [-0.2, 0) is 20.9 Å². The van der Waals surface area contributed by atoms with Crippen LogP contribution in [0, 0.1) is 0 Å². The first kappa shape index (κ1) is 22.6. The molecule has 1 heterocycles. The minimum atomic E-state index is -0.500.